The van der Waals surface area contributed by atoms with Crippen LogP contribution in [-0.2, 0) is 17.6 Å². The number of piperazine rings is 1. The quantitative estimate of drug-likeness (QED) is 0.807. The van der Waals surface area contributed by atoms with E-state index in [1.807, 2.05) is 11.0 Å². The van der Waals surface area contributed by atoms with Gasteiger partial charge in [-0.15, -0.1) is 11.3 Å². The molecular weight excluding hydrogens is 374 g/mol. The molecule has 4 rings (SSSR count). The molecule has 8 heteroatoms. The molecule has 2 aromatic rings. The zero-order valence-corrected chi connectivity index (χ0v) is 16.8. The van der Waals surface area contributed by atoms with E-state index in [0.29, 0.717) is 23.9 Å². The van der Waals surface area contributed by atoms with Crippen LogP contribution >= 0.6 is 11.3 Å². The highest BCUT2D eigenvalue weighted by Gasteiger charge is 2.23. The van der Waals surface area contributed by atoms with Crippen molar-refractivity contribution in [3.63, 3.8) is 0 Å². The summed E-state index contributed by atoms with van der Waals surface area (Å²) >= 11 is 1.59. The van der Waals surface area contributed by atoms with Gasteiger partial charge in [-0.05, 0) is 37.3 Å². The third kappa shape index (κ3) is 4.16. The topological polar surface area (TPSA) is 87.2 Å². The molecule has 2 N–H and O–H groups in total. The van der Waals surface area contributed by atoms with E-state index in [0.717, 1.165) is 36.7 Å². The van der Waals surface area contributed by atoms with E-state index in [2.05, 4.69) is 27.5 Å². The molecule has 0 radical (unpaired) electrons. The van der Waals surface area contributed by atoms with Gasteiger partial charge >= 0.3 is 0 Å². The van der Waals surface area contributed by atoms with Gasteiger partial charge in [-0.25, -0.2) is 4.98 Å². The lowest BCUT2D eigenvalue weighted by atomic mass is 9.88. The lowest BCUT2D eigenvalue weighted by Crippen LogP contribution is -2.47. The summed E-state index contributed by atoms with van der Waals surface area (Å²) in [4.78, 5) is 36.4. The van der Waals surface area contributed by atoms with Gasteiger partial charge in [0.05, 0.1) is 12.2 Å². The Balaban J connectivity index is 1.44. The SMILES string of the molecule is CCCC1CCc2nc(NC(=O)c3cc(N4CCNC(=O)C4)ccn3)sc2C1. The number of carbonyl (C=O) groups is 2. The minimum Gasteiger partial charge on any atom is -0.360 e. The van der Waals surface area contributed by atoms with Crippen molar-refractivity contribution in [1.29, 1.82) is 0 Å². The van der Waals surface area contributed by atoms with Gasteiger partial charge < -0.3 is 10.2 Å². The second kappa shape index (κ2) is 8.26. The minimum absolute atomic E-state index is 0.0104. The highest BCUT2D eigenvalue weighted by molar-refractivity contribution is 7.15. The normalized spacial score (nSPS) is 19.1. The third-order valence-electron chi connectivity index (χ3n) is 5.34. The van der Waals surface area contributed by atoms with Crippen LogP contribution in [0.25, 0.3) is 0 Å². The first-order valence-corrected chi connectivity index (χ1v) is 10.7. The Morgan fingerprint density at radius 3 is 3.18 bits per heavy atom. The summed E-state index contributed by atoms with van der Waals surface area (Å²) < 4.78 is 0. The van der Waals surface area contributed by atoms with E-state index < -0.39 is 0 Å². The number of nitrogens with zero attached hydrogens (tertiary/aromatic N) is 3. The molecule has 148 valence electrons. The van der Waals surface area contributed by atoms with E-state index in [1.54, 1.807) is 23.6 Å². The van der Waals surface area contributed by atoms with Crippen molar-refractivity contribution < 1.29 is 9.59 Å². The number of hydrogen-bond donors (Lipinski definition) is 2. The van der Waals surface area contributed by atoms with Crippen molar-refractivity contribution in [3.05, 3.63) is 34.6 Å². The summed E-state index contributed by atoms with van der Waals surface area (Å²) in [5, 5.41) is 6.36. The molecule has 3 heterocycles. The molecule has 1 aliphatic heterocycles. The van der Waals surface area contributed by atoms with E-state index in [1.165, 1.54) is 24.1 Å². The number of thiazole rings is 1. The van der Waals surface area contributed by atoms with Crippen LogP contribution < -0.4 is 15.5 Å². The maximum Gasteiger partial charge on any atom is 0.276 e. The second-order valence-corrected chi connectivity index (χ2v) is 8.49. The van der Waals surface area contributed by atoms with Gasteiger partial charge in [0, 0.05) is 29.9 Å². The number of nitrogens with one attached hydrogen (secondary N) is 2. The number of aryl methyl sites for hydroxylation is 1. The summed E-state index contributed by atoms with van der Waals surface area (Å²) in [6, 6.07) is 3.56. The van der Waals surface area contributed by atoms with Crippen LogP contribution in [0.15, 0.2) is 18.3 Å². The zero-order valence-electron chi connectivity index (χ0n) is 16.0. The molecular formula is C20H25N5O2S. The van der Waals surface area contributed by atoms with Crippen LogP contribution in [-0.4, -0.2) is 41.4 Å². The van der Waals surface area contributed by atoms with Crippen molar-refractivity contribution >= 4 is 34.0 Å². The molecule has 1 aliphatic carbocycles. The van der Waals surface area contributed by atoms with Gasteiger partial charge in [0.15, 0.2) is 5.13 Å². The zero-order chi connectivity index (χ0) is 19.5. The van der Waals surface area contributed by atoms with E-state index in [4.69, 9.17) is 0 Å². The molecule has 1 saturated heterocycles. The van der Waals surface area contributed by atoms with Crippen molar-refractivity contribution in [2.75, 3.05) is 29.9 Å². The van der Waals surface area contributed by atoms with Crippen LogP contribution in [0, 0.1) is 5.92 Å². The first-order chi connectivity index (χ1) is 13.6. The molecule has 28 heavy (non-hydrogen) atoms. The summed E-state index contributed by atoms with van der Waals surface area (Å²) in [5.74, 6) is 0.463. The molecule has 1 fully saturated rings. The number of anilines is 2. The number of pyridine rings is 1. The largest absolute Gasteiger partial charge is 0.360 e. The molecule has 2 amide bonds. The lowest BCUT2D eigenvalue weighted by molar-refractivity contribution is -0.120. The molecule has 0 spiro atoms. The number of carbonyl (C=O) groups excluding carboxylic acids is 2. The summed E-state index contributed by atoms with van der Waals surface area (Å²) in [6.45, 7) is 3.84. The number of rotatable bonds is 5. The summed E-state index contributed by atoms with van der Waals surface area (Å²) in [5.41, 5.74) is 2.30. The monoisotopic (exact) mass is 399 g/mol. The minimum atomic E-state index is -0.264. The molecule has 1 atom stereocenters. The highest BCUT2D eigenvalue weighted by atomic mass is 32.1. The molecule has 2 aliphatic rings. The summed E-state index contributed by atoms with van der Waals surface area (Å²) in [6.07, 6.45) is 7.33. The number of hydrogen-bond acceptors (Lipinski definition) is 6. The van der Waals surface area contributed by atoms with Gasteiger partial charge in [-0.1, -0.05) is 19.8 Å². The first kappa shape index (κ1) is 18.9. The van der Waals surface area contributed by atoms with E-state index in [9.17, 15) is 9.59 Å². The fourth-order valence-electron chi connectivity index (χ4n) is 3.91. The molecule has 7 nitrogen and oxygen atoms in total. The van der Waals surface area contributed by atoms with Crippen molar-refractivity contribution in [2.24, 2.45) is 5.92 Å². The van der Waals surface area contributed by atoms with Gasteiger partial charge in [-0.3, -0.25) is 19.9 Å². The highest BCUT2D eigenvalue weighted by Crippen LogP contribution is 2.34. The maximum atomic E-state index is 12.7. The number of amides is 2. The fourth-order valence-corrected chi connectivity index (χ4v) is 5.03. The Kier molecular flexibility index (Phi) is 5.57. The van der Waals surface area contributed by atoms with Crippen LogP contribution in [0.1, 0.15) is 47.2 Å². The number of fused-ring (bicyclic) bond motifs is 1. The molecule has 1 unspecified atom stereocenters. The van der Waals surface area contributed by atoms with Gasteiger partial charge in [-0.2, -0.15) is 0 Å². The Morgan fingerprint density at radius 2 is 2.36 bits per heavy atom. The molecule has 0 saturated carbocycles. The predicted octanol–water partition coefficient (Wildman–Crippen LogP) is 2.63. The average Bonchev–Trinajstić information content (AvgIpc) is 3.10. The first-order valence-electron chi connectivity index (χ1n) is 9.90. The smallest absolute Gasteiger partial charge is 0.276 e. The second-order valence-electron chi connectivity index (χ2n) is 7.41. The van der Waals surface area contributed by atoms with Crippen LogP contribution in [0.4, 0.5) is 10.8 Å². The fraction of sp³-hybridized carbons (Fsp3) is 0.500. The predicted molar refractivity (Wildman–Crippen MR) is 110 cm³/mol. The Hall–Kier alpha value is -2.48. The van der Waals surface area contributed by atoms with Crippen LogP contribution in [0.2, 0.25) is 0 Å². The Bertz CT molecular complexity index is 881. The average molecular weight is 400 g/mol. The summed E-state index contributed by atoms with van der Waals surface area (Å²) in [7, 11) is 0. The van der Waals surface area contributed by atoms with Gasteiger partial charge in [0.25, 0.3) is 5.91 Å². The van der Waals surface area contributed by atoms with Crippen molar-refractivity contribution in [1.82, 2.24) is 15.3 Å². The van der Waals surface area contributed by atoms with Gasteiger partial charge in [0.2, 0.25) is 5.91 Å². The van der Waals surface area contributed by atoms with Crippen molar-refractivity contribution in [2.45, 2.75) is 39.0 Å². The van der Waals surface area contributed by atoms with E-state index in [-0.39, 0.29) is 11.8 Å². The Morgan fingerprint density at radius 1 is 1.46 bits per heavy atom. The third-order valence-corrected chi connectivity index (χ3v) is 6.37. The molecule has 2 aromatic heterocycles. The molecule has 0 aromatic carbocycles. The molecule has 0 bridgehead atoms. The van der Waals surface area contributed by atoms with Crippen molar-refractivity contribution in [3.8, 4) is 0 Å². The standard InChI is InChI=1S/C20H25N5O2S/c1-2-3-13-4-5-15-17(10-13)28-20(23-15)24-19(27)16-11-14(6-7-21-16)25-9-8-22-18(26)12-25/h6-7,11,13H,2-5,8-10,12H2,1H3,(H,22,26)(H,23,24,27). The van der Waals surface area contributed by atoms with Crippen LogP contribution in [0.5, 0.6) is 0 Å². The number of aromatic nitrogens is 2. The van der Waals surface area contributed by atoms with Crippen LogP contribution in [0.3, 0.4) is 0 Å². The van der Waals surface area contributed by atoms with E-state index >= 15 is 0 Å². The van der Waals surface area contributed by atoms with Gasteiger partial charge in [0.1, 0.15) is 5.69 Å². The Labute approximate surface area is 168 Å². The maximum absolute atomic E-state index is 12.7. The lowest BCUT2D eigenvalue weighted by Gasteiger charge is -2.28.